The van der Waals surface area contributed by atoms with Crippen LogP contribution in [0.1, 0.15) is 422 Å². The van der Waals surface area contributed by atoms with E-state index in [0.29, 0.717) is 0 Å². The quantitative estimate of drug-likeness (QED) is 0.0273. The van der Waals surface area contributed by atoms with Gasteiger partial charge in [-0.2, -0.15) is 12.8 Å². The predicted molar refractivity (Wildman–Crippen MR) is 381 cm³/mol. The molecule has 0 bridgehead atoms. The molecule has 0 amide bonds. The molecule has 494 valence electrons. The van der Waals surface area contributed by atoms with E-state index in [1.165, 1.54) is 347 Å². The van der Waals surface area contributed by atoms with Gasteiger partial charge >= 0.3 is 16.5 Å². The van der Waals surface area contributed by atoms with Crippen LogP contribution < -0.4 is 0 Å². The maximum Gasteiger partial charge on any atom is 2.00 e. The van der Waals surface area contributed by atoms with E-state index in [0.717, 1.165) is 69.2 Å². The number of aryl methyl sites for hydroxylation is 4. The summed E-state index contributed by atoms with van der Waals surface area (Å²) in [4.78, 5) is 0. The van der Waals surface area contributed by atoms with Crippen LogP contribution in [-0.4, -0.2) is 4.70 Å². The molecule has 0 unspecified atom stereocenters. The molecule has 1 heterocycles. The zero-order valence-electron chi connectivity index (χ0n) is 58.5. The van der Waals surface area contributed by atoms with Crippen LogP contribution in [0.4, 0.5) is 0 Å². The number of hydrogen-bond donors (Lipinski definition) is 0. The molecule has 0 saturated heterocycles. The van der Waals surface area contributed by atoms with Crippen molar-refractivity contribution >= 4 is 11.4 Å². The Hall–Kier alpha value is -1.99. The molecular formula is C82H146N2Ni. The summed E-state index contributed by atoms with van der Waals surface area (Å²) in [6, 6.07) is 14.3. The number of allylic oxidation sites excluding steroid dienone is 2. The van der Waals surface area contributed by atoms with Crippen molar-refractivity contribution in [2.24, 2.45) is 0 Å². The van der Waals surface area contributed by atoms with Crippen LogP contribution >= 0.6 is 0 Å². The second-order valence-corrected chi connectivity index (χ2v) is 26.5. The van der Waals surface area contributed by atoms with Crippen molar-refractivity contribution in [3.63, 3.8) is 0 Å². The van der Waals surface area contributed by atoms with E-state index < -0.39 is 0 Å². The van der Waals surface area contributed by atoms with Crippen LogP contribution in [0, 0.1) is 13.8 Å². The molecule has 0 N–H and O–H groups in total. The Bertz CT molecular complexity index is 1690. The van der Waals surface area contributed by atoms with Gasteiger partial charge in [-0.05, 0) is 111 Å². The molecule has 0 aromatic heterocycles. The van der Waals surface area contributed by atoms with Gasteiger partial charge in [0, 0.05) is 22.8 Å². The van der Waals surface area contributed by atoms with E-state index in [-0.39, 0.29) is 16.5 Å². The minimum atomic E-state index is 0. The number of rotatable bonds is 57. The summed E-state index contributed by atoms with van der Waals surface area (Å²) in [6.07, 6.45) is 79.7. The molecule has 0 saturated carbocycles. The van der Waals surface area contributed by atoms with Gasteiger partial charge in [-0.25, -0.2) is 4.70 Å². The first-order valence-electron chi connectivity index (χ1n) is 38.2. The molecule has 2 aromatic carbocycles. The van der Waals surface area contributed by atoms with Gasteiger partial charge < -0.3 is 19.4 Å². The third-order valence-corrected chi connectivity index (χ3v) is 18.0. The van der Waals surface area contributed by atoms with E-state index in [4.69, 9.17) is 0 Å². The predicted octanol–water partition coefficient (Wildman–Crippen LogP) is 29.1. The average molecular weight is 1220 g/mol. The molecule has 0 fully saturated rings. The van der Waals surface area contributed by atoms with Gasteiger partial charge in [0.05, 0.1) is 0 Å². The molecule has 3 rings (SSSR count). The van der Waals surface area contributed by atoms with E-state index in [1.54, 1.807) is 4.70 Å². The second kappa shape index (κ2) is 63.6. The van der Waals surface area contributed by atoms with Gasteiger partial charge in [-0.3, -0.25) is 0 Å². The van der Waals surface area contributed by atoms with Crippen molar-refractivity contribution in [3.05, 3.63) is 101 Å². The summed E-state index contributed by atoms with van der Waals surface area (Å²) in [5.41, 5.74) is 23.2. The first kappa shape index (κ1) is 83.0. The van der Waals surface area contributed by atoms with Crippen LogP contribution in [0.2, 0.25) is 0 Å². The zero-order chi connectivity index (χ0) is 61.0. The topological polar surface area (TPSA) is 25.3 Å². The number of benzene rings is 2. The third-order valence-electron chi connectivity index (χ3n) is 18.0. The summed E-state index contributed by atoms with van der Waals surface area (Å²) >= 11 is 0. The normalized spacial score (nSPS) is 12.1. The van der Waals surface area contributed by atoms with Gasteiger partial charge in [-0.1, -0.05) is 350 Å². The fraction of sp³-hybridized carbons (Fsp3) is 0.780. The van der Waals surface area contributed by atoms with Gasteiger partial charge in [-0.15, -0.1) is 0 Å². The molecule has 0 radical (unpaired) electrons. The third kappa shape index (κ3) is 46.7. The molecule has 0 aliphatic carbocycles. The van der Waals surface area contributed by atoms with Crippen LogP contribution in [0.3, 0.4) is 0 Å². The van der Waals surface area contributed by atoms with Gasteiger partial charge in [0.25, 0.3) is 0 Å². The van der Waals surface area contributed by atoms with Crippen molar-refractivity contribution in [2.75, 3.05) is 0 Å². The maximum absolute atomic E-state index is 11.9. The Balaban J connectivity index is 0.00000138. The maximum atomic E-state index is 11.9. The molecule has 2 aromatic rings. The molecule has 3 heteroatoms. The van der Waals surface area contributed by atoms with E-state index in [1.807, 2.05) is 0 Å². The van der Waals surface area contributed by atoms with Crippen LogP contribution in [-0.2, 0) is 42.2 Å². The Morgan fingerprint density at radius 3 is 0.765 bits per heavy atom. The standard InChI is InChI=1S/C40H60N2.2C21H43.Ni/c1-6-11-16-18-22-34-26-35(23-19-17-12-7-2)28-37(27-34)39-31-36(24-15-10-5)40(42(39)41)38-29-32(20-13-8-3)25-33(30-38)21-14-9-4;2*1-3-5-7-9-11-13-15-17-19-21-20-18-16-14-12-10-8-6-4-2;/h25-31H,6-24H2,1-5H3;2*1,3-21H2,2H3;/q;2*-1;+2. The fourth-order valence-corrected chi connectivity index (χ4v) is 12.4. The molecule has 2 nitrogen and oxygen atoms in total. The van der Waals surface area contributed by atoms with Crippen molar-refractivity contribution in [2.45, 2.75) is 414 Å². The summed E-state index contributed by atoms with van der Waals surface area (Å²) in [5, 5.41) is 0. The van der Waals surface area contributed by atoms with Crippen molar-refractivity contribution in [1.29, 1.82) is 0 Å². The van der Waals surface area contributed by atoms with Crippen LogP contribution in [0.5, 0.6) is 0 Å². The monoisotopic (exact) mass is 1220 g/mol. The SMILES string of the molecule is CCCCCCc1cc(CCCCCC)cc(C2=CC(CCCC)=C(c3cc(CCCC)cc(CCCC)c3)[N+]2=[N-])c1.[CH2-]CCCCCCCCCCCCCCCCCCCC.[CH2-]CCCCCCCCCCCCCCCCCCCC.[Ni+2]. The Morgan fingerprint density at radius 2 is 0.494 bits per heavy atom. The Kier molecular flexibility index (Phi) is 62.1. The molecule has 85 heavy (non-hydrogen) atoms. The summed E-state index contributed by atoms with van der Waals surface area (Å²) in [7, 11) is 0. The smallest absolute Gasteiger partial charge is 0.493 e. The molecule has 1 aliphatic rings. The van der Waals surface area contributed by atoms with E-state index in [2.05, 4.69) is 105 Å². The Labute approximate surface area is 544 Å². The second-order valence-electron chi connectivity index (χ2n) is 26.5. The van der Waals surface area contributed by atoms with Crippen LogP contribution in [0.25, 0.3) is 16.9 Å². The number of hydrogen-bond acceptors (Lipinski definition) is 0. The molecular weight excluding hydrogens is 1070 g/mol. The molecule has 0 atom stereocenters. The summed E-state index contributed by atoms with van der Waals surface area (Å²) in [6.45, 7) is 23.7. The fourth-order valence-electron chi connectivity index (χ4n) is 12.4. The largest absolute Gasteiger partial charge is 2.00 e. The molecule has 1 aliphatic heterocycles. The van der Waals surface area contributed by atoms with Gasteiger partial charge in [0.1, 0.15) is 0 Å². The first-order valence-corrected chi connectivity index (χ1v) is 38.2. The minimum Gasteiger partial charge on any atom is -0.493 e. The van der Waals surface area contributed by atoms with Gasteiger partial charge in [0.15, 0.2) is 0 Å². The zero-order valence-corrected chi connectivity index (χ0v) is 59.5. The van der Waals surface area contributed by atoms with Crippen molar-refractivity contribution < 1.29 is 21.2 Å². The minimum absolute atomic E-state index is 0. The molecule has 0 spiro atoms. The summed E-state index contributed by atoms with van der Waals surface area (Å²) in [5.74, 6) is 0. The Morgan fingerprint density at radius 1 is 0.271 bits per heavy atom. The van der Waals surface area contributed by atoms with E-state index >= 15 is 0 Å². The first-order chi connectivity index (χ1) is 41.4. The van der Waals surface area contributed by atoms with Crippen molar-refractivity contribution in [3.8, 4) is 0 Å². The van der Waals surface area contributed by atoms with Crippen LogP contribution in [0.15, 0.2) is 48.0 Å². The van der Waals surface area contributed by atoms with E-state index in [9.17, 15) is 5.53 Å². The number of nitrogens with zero attached hydrogens (tertiary/aromatic N) is 2. The van der Waals surface area contributed by atoms with Crippen molar-refractivity contribution in [1.82, 2.24) is 0 Å². The average Bonchev–Trinajstić information content (AvgIpc) is 3.04. The summed E-state index contributed by atoms with van der Waals surface area (Å²) < 4.78 is 1.55. The number of unbranched alkanes of at least 4 members (excludes halogenated alkanes) is 45. The van der Waals surface area contributed by atoms with Gasteiger partial charge in [0.2, 0.25) is 11.4 Å².